The van der Waals surface area contributed by atoms with Crippen molar-refractivity contribution in [1.29, 1.82) is 0 Å². The largest absolute Gasteiger partial charge is 0.453 e. The molecule has 3 fully saturated rings. The fraction of sp³-hybridized carbons (Fsp3) is 0.469. The number of methoxy groups -OCH3 is 2. The van der Waals surface area contributed by atoms with Gasteiger partial charge in [0.1, 0.15) is 23.7 Å². The first-order valence-electron chi connectivity index (χ1n) is 22.6. The second kappa shape index (κ2) is 16.6. The molecule has 2 aliphatic heterocycles. The van der Waals surface area contributed by atoms with E-state index in [1.807, 2.05) is 52.0 Å². The molecule has 4 amide bonds. The second-order valence-electron chi connectivity index (χ2n) is 19.1. The summed E-state index contributed by atoms with van der Waals surface area (Å²) >= 11 is 0. The summed E-state index contributed by atoms with van der Waals surface area (Å²) in [7, 11) is 2.53. The molecule has 342 valence electrons. The van der Waals surface area contributed by atoms with Crippen LogP contribution in [0, 0.1) is 23.2 Å². The van der Waals surface area contributed by atoms with Crippen LogP contribution in [0.2, 0.25) is 0 Å². The van der Waals surface area contributed by atoms with Gasteiger partial charge in [0, 0.05) is 36.0 Å². The molecule has 4 aliphatic rings. The molecule has 2 aliphatic carbocycles. The summed E-state index contributed by atoms with van der Waals surface area (Å²) in [6, 6.07) is 13.6. The van der Waals surface area contributed by atoms with Gasteiger partial charge in [0.2, 0.25) is 11.8 Å². The molecule has 2 aromatic heterocycles. The van der Waals surface area contributed by atoms with Gasteiger partial charge in [0.25, 0.3) is 5.92 Å². The normalized spacial score (nSPS) is 21.3. The smallest absolute Gasteiger partial charge is 0.407 e. The predicted octanol–water partition coefficient (Wildman–Crippen LogP) is 8.85. The number of fused-ring (bicyclic) bond motifs is 4. The van der Waals surface area contributed by atoms with Crippen LogP contribution in [0.4, 0.5) is 18.4 Å². The monoisotopic (exact) mass is 890 g/mol. The van der Waals surface area contributed by atoms with E-state index in [4.69, 9.17) is 19.4 Å². The van der Waals surface area contributed by atoms with Gasteiger partial charge in [-0.3, -0.25) is 9.59 Å². The van der Waals surface area contributed by atoms with E-state index in [1.54, 1.807) is 40.3 Å². The number of hydrogen-bond donors (Lipinski definition) is 4. The van der Waals surface area contributed by atoms with E-state index in [9.17, 15) is 19.2 Å². The molecular weight excluding hydrogens is 835 g/mol. The molecule has 4 N–H and O–H groups in total. The van der Waals surface area contributed by atoms with Crippen molar-refractivity contribution in [3.63, 3.8) is 0 Å². The van der Waals surface area contributed by atoms with Crippen molar-refractivity contribution < 1.29 is 37.4 Å². The number of benzene rings is 3. The van der Waals surface area contributed by atoms with E-state index in [-0.39, 0.29) is 58.2 Å². The van der Waals surface area contributed by atoms with E-state index < -0.39 is 30.2 Å². The third-order valence-electron chi connectivity index (χ3n) is 14.1. The average Bonchev–Trinajstić information content (AvgIpc) is 3.61. The number of likely N-dealkylation sites (tertiary alicyclic amines) is 2. The number of imidazole rings is 2. The number of aromatic amines is 2. The Kier molecular flexibility index (Phi) is 11.2. The van der Waals surface area contributed by atoms with Crippen LogP contribution < -0.4 is 10.6 Å². The lowest BCUT2D eigenvalue weighted by Gasteiger charge is -2.41. The van der Waals surface area contributed by atoms with Crippen molar-refractivity contribution in [3.8, 4) is 33.5 Å². The first kappa shape index (κ1) is 43.9. The van der Waals surface area contributed by atoms with Crippen LogP contribution >= 0.6 is 0 Å². The number of amides is 4. The van der Waals surface area contributed by atoms with E-state index in [1.165, 1.54) is 20.3 Å². The Labute approximate surface area is 376 Å². The number of nitrogens with one attached hydrogen (secondary N) is 4. The van der Waals surface area contributed by atoms with Crippen LogP contribution in [0.25, 0.3) is 44.5 Å². The van der Waals surface area contributed by atoms with Gasteiger partial charge >= 0.3 is 12.2 Å². The summed E-state index contributed by atoms with van der Waals surface area (Å²) in [5.74, 6) is -2.78. The lowest BCUT2D eigenvalue weighted by atomic mass is 9.89. The van der Waals surface area contributed by atoms with E-state index >= 15 is 8.78 Å². The van der Waals surface area contributed by atoms with Gasteiger partial charge in [-0.1, -0.05) is 65.0 Å². The highest BCUT2D eigenvalue weighted by molar-refractivity contribution is 5.89. The third-order valence-corrected chi connectivity index (χ3v) is 14.1. The molecular formula is C49H56F2N8O6. The highest BCUT2D eigenvalue weighted by Crippen LogP contribution is 2.59. The Morgan fingerprint density at radius 1 is 0.785 bits per heavy atom. The SMILES string of the molecule is COC(=O)NC(C(=O)N1CC2(CC2)C[C@H]1c1nc(-c2ccc3c(c2)C(F)(F)c2cc(-c4ccc5nc([C@@H]6[C@H](C)CCCN6C(=O)[C@@H](NC(=O)OC)C(C)C)[nH]c5c4)ccc2-3)c[nH]1)C(C)C. The average molecular weight is 891 g/mol. The van der Waals surface area contributed by atoms with Crippen LogP contribution in [0.15, 0.2) is 60.8 Å². The highest BCUT2D eigenvalue weighted by Gasteiger charge is 2.55. The molecule has 5 atom stereocenters. The number of rotatable bonds is 10. The summed E-state index contributed by atoms with van der Waals surface area (Å²) in [5, 5.41) is 5.41. The van der Waals surface area contributed by atoms with Crippen molar-refractivity contribution in [3.05, 3.63) is 83.6 Å². The number of carbonyl (C=O) groups excluding carboxylic acids is 4. The van der Waals surface area contributed by atoms with Crippen molar-refractivity contribution in [1.82, 2.24) is 40.4 Å². The number of nitrogens with zero attached hydrogens (tertiary/aromatic N) is 4. The molecule has 9 rings (SSSR count). The number of aromatic nitrogens is 4. The lowest BCUT2D eigenvalue weighted by molar-refractivity contribution is -0.140. The van der Waals surface area contributed by atoms with Crippen LogP contribution in [0.1, 0.15) is 102 Å². The predicted molar refractivity (Wildman–Crippen MR) is 239 cm³/mol. The summed E-state index contributed by atoms with van der Waals surface area (Å²) in [6.45, 7) is 10.7. The van der Waals surface area contributed by atoms with Gasteiger partial charge in [-0.2, -0.15) is 8.78 Å². The molecule has 5 aromatic rings. The van der Waals surface area contributed by atoms with Crippen LogP contribution in [0.3, 0.4) is 0 Å². The third kappa shape index (κ3) is 7.88. The fourth-order valence-corrected chi connectivity index (χ4v) is 10.2. The number of halogens is 2. The van der Waals surface area contributed by atoms with Gasteiger partial charge in [0.15, 0.2) is 0 Å². The van der Waals surface area contributed by atoms with Gasteiger partial charge in [0.05, 0.1) is 43.0 Å². The summed E-state index contributed by atoms with van der Waals surface area (Å²) in [4.78, 5) is 72.4. The van der Waals surface area contributed by atoms with Crippen molar-refractivity contribution in [2.75, 3.05) is 27.3 Å². The number of H-pyrrole nitrogens is 2. The van der Waals surface area contributed by atoms with Crippen LogP contribution in [-0.2, 0) is 25.0 Å². The molecule has 16 heteroatoms. The number of carbonyl (C=O) groups is 4. The Balaban J connectivity index is 0.960. The molecule has 4 heterocycles. The molecule has 2 saturated heterocycles. The highest BCUT2D eigenvalue weighted by atomic mass is 19.3. The quantitative estimate of drug-likeness (QED) is 0.108. The number of piperidine rings is 1. The van der Waals surface area contributed by atoms with Gasteiger partial charge in [-0.15, -0.1) is 0 Å². The molecule has 1 unspecified atom stereocenters. The first-order chi connectivity index (χ1) is 31.0. The Bertz CT molecular complexity index is 2690. The van der Waals surface area contributed by atoms with Crippen molar-refractivity contribution >= 4 is 35.0 Å². The Morgan fingerprint density at radius 3 is 1.98 bits per heavy atom. The number of alkyl halides is 2. The zero-order valence-electron chi connectivity index (χ0n) is 37.8. The molecule has 3 aromatic carbocycles. The zero-order chi connectivity index (χ0) is 46.1. The summed E-state index contributed by atoms with van der Waals surface area (Å²) < 4.78 is 42.9. The van der Waals surface area contributed by atoms with E-state index in [0.29, 0.717) is 63.7 Å². The minimum absolute atomic E-state index is 0.00866. The fourth-order valence-electron chi connectivity index (χ4n) is 10.2. The maximum atomic E-state index is 16.7. The minimum Gasteiger partial charge on any atom is -0.453 e. The molecule has 0 bridgehead atoms. The Hall–Kier alpha value is -6.32. The molecule has 14 nitrogen and oxygen atoms in total. The van der Waals surface area contributed by atoms with Crippen molar-refractivity contribution in [2.24, 2.45) is 23.2 Å². The zero-order valence-corrected chi connectivity index (χ0v) is 37.8. The summed E-state index contributed by atoms with van der Waals surface area (Å²) in [6.07, 6.45) is 4.79. The second-order valence-corrected chi connectivity index (χ2v) is 19.1. The van der Waals surface area contributed by atoms with Crippen molar-refractivity contribution in [2.45, 2.75) is 96.8 Å². The topological polar surface area (TPSA) is 175 Å². The molecule has 65 heavy (non-hydrogen) atoms. The van der Waals surface area contributed by atoms with Crippen LogP contribution in [-0.4, -0.2) is 93.1 Å². The van der Waals surface area contributed by atoms with E-state index in [0.717, 1.165) is 37.7 Å². The lowest BCUT2D eigenvalue weighted by Crippen LogP contribution is -2.54. The summed E-state index contributed by atoms with van der Waals surface area (Å²) in [5.41, 5.74) is 4.49. The van der Waals surface area contributed by atoms with Gasteiger partial charge in [-0.25, -0.2) is 19.6 Å². The number of ether oxygens (including phenoxy) is 2. The standard InChI is InChI=1S/C49H56F2N8O6/c1-25(2)39(56-46(62)64-6)44(60)58-18-8-9-27(5)41(58)43-53-35-15-12-29(21-36(35)54-43)28-10-13-31-32-14-11-30(20-34(32)49(50,51)33(31)19-28)37-23-52-42(55-37)38-22-48(16-17-48)24-59(38)45(61)40(26(3)4)57-47(63)65-7/h10-15,19-21,23,25-27,38-41H,8-9,16-18,22,24H2,1-7H3,(H,52,55)(H,53,54)(H,56,62)(H,57,63)/t27-,38+,39+,40?,41+/m1/s1. The molecule has 1 saturated carbocycles. The molecule has 0 radical (unpaired) electrons. The number of hydrogen-bond acceptors (Lipinski definition) is 8. The molecule has 1 spiro atoms. The van der Waals surface area contributed by atoms with Gasteiger partial charge < -0.3 is 39.9 Å². The first-order valence-corrected chi connectivity index (χ1v) is 22.6. The van der Waals surface area contributed by atoms with Gasteiger partial charge in [-0.05, 0) is 102 Å². The Morgan fingerprint density at radius 2 is 1.37 bits per heavy atom. The van der Waals surface area contributed by atoms with Crippen LogP contribution in [0.5, 0.6) is 0 Å². The minimum atomic E-state index is -3.30. The number of alkyl carbamates (subject to hydrolysis) is 2. The van der Waals surface area contributed by atoms with E-state index in [2.05, 4.69) is 27.5 Å². The maximum absolute atomic E-state index is 16.7. The maximum Gasteiger partial charge on any atom is 0.407 e.